The van der Waals surface area contributed by atoms with E-state index in [4.69, 9.17) is 5.26 Å². The number of pyridine rings is 1. The van der Waals surface area contributed by atoms with Gasteiger partial charge in [0, 0.05) is 22.9 Å². The Morgan fingerprint density at radius 1 is 0.870 bits per heavy atom. The number of hydrogen-bond donors (Lipinski definition) is 0. The van der Waals surface area contributed by atoms with Crippen molar-refractivity contribution in [1.82, 2.24) is 4.98 Å². The van der Waals surface area contributed by atoms with Crippen molar-refractivity contribution in [3.8, 4) is 28.5 Å². The maximum absolute atomic E-state index is 14.3. The summed E-state index contributed by atoms with van der Waals surface area (Å²) in [5, 5.41) is 9.04. The normalized spacial score (nSPS) is 10.3. The summed E-state index contributed by atoms with van der Waals surface area (Å²) in [6.45, 7) is 0. The van der Waals surface area contributed by atoms with E-state index in [0.29, 0.717) is 22.4 Å². The van der Waals surface area contributed by atoms with Gasteiger partial charge in [0.25, 0.3) is 0 Å². The van der Waals surface area contributed by atoms with Crippen LogP contribution in [0.5, 0.6) is 0 Å². The average Bonchev–Trinajstić information content (AvgIpc) is 2.56. The standard InChI is InChI=1S/C19H12F2N2/c20-16-7-3-1-5-14(16)18-13(9-11-22)10-12-23-19(18)15-6-2-4-8-17(15)21/h1-8,10,12H,9H2. The summed E-state index contributed by atoms with van der Waals surface area (Å²) in [6.07, 6.45) is 1.60. The first-order chi connectivity index (χ1) is 11.2. The van der Waals surface area contributed by atoms with E-state index in [1.54, 1.807) is 42.5 Å². The second-order valence-electron chi connectivity index (χ2n) is 4.99. The van der Waals surface area contributed by atoms with Crippen molar-refractivity contribution in [3.05, 3.63) is 78.0 Å². The summed E-state index contributed by atoms with van der Waals surface area (Å²) in [6, 6.07) is 16.2. The Hall–Kier alpha value is -3.06. The lowest BCUT2D eigenvalue weighted by atomic mass is 9.93. The van der Waals surface area contributed by atoms with Crippen LogP contribution in [0.1, 0.15) is 5.56 Å². The summed E-state index contributed by atoms with van der Waals surface area (Å²) < 4.78 is 28.5. The van der Waals surface area contributed by atoms with Gasteiger partial charge < -0.3 is 0 Å². The summed E-state index contributed by atoms with van der Waals surface area (Å²) >= 11 is 0. The molecular formula is C19H12F2N2. The van der Waals surface area contributed by atoms with E-state index in [9.17, 15) is 8.78 Å². The van der Waals surface area contributed by atoms with Crippen molar-refractivity contribution < 1.29 is 8.78 Å². The van der Waals surface area contributed by atoms with Gasteiger partial charge in [0.2, 0.25) is 0 Å². The van der Waals surface area contributed by atoms with Gasteiger partial charge in [-0.2, -0.15) is 5.26 Å². The SMILES string of the molecule is N#CCc1ccnc(-c2ccccc2F)c1-c1ccccc1F. The lowest BCUT2D eigenvalue weighted by Crippen LogP contribution is -1.98. The van der Waals surface area contributed by atoms with E-state index in [1.165, 1.54) is 18.3 Å². The predicted molar refractivity (Wildman–Crippen MR) is 84.3 cm³/mol. The van der Waals surface area contributed by atoms with Crippen LogP contribution in [0.15, 0.2) is 60.8 Å². The largest absolute Gasteiger partial charge is 0.255 e. The third kappa shape index (κ3) is 2.82. The van der Waals surface area contributed by atoms with Crippen molar-refractivity contribution in [2.45, 2.75) is 6.42 Å². The molecule has 0 saturated heterocycles. The van der Waals surface area contributed by atoms with Crippen LogP contribution in [-0.2, 0) is 6.42 Å². The first-order valence-electron chi connectivity index (χ1n) is 7.07. The molecule has 3 rings (SSSR count). The molecule has 0 radical (unpaired) electrons. The molecular weight excluding hydrogens is 294 g/mol. The molecule has 0 amide bonds. The highest BCUT2D eigenvalue weighted by Crippen LogP contribution is 2.35. The number of nitriles is 1. The van der Waals surface area contributed by atoms with Crippen molar-refractivity contribution in [2.75, 3.05) is 0 Å². The van der Waals surface area contributed by atoms with Crippen molar-refractivity contribution in [3.63, 3.8) is 0 Å². The van der Waals surface area contributed by atoms with Gasteiger partial charge in [-0.25, -0.2) is 8.78 Å². The van der Waals surface area contributed by atoms with Gasteiger partial charge in [-0.15, -0.1) is 0 Å². The number of benzene rings is 2. The molecule has 0 N–H and O–H groups in total. The molecule has 3 aromatic rings. The molecule has 0 atom stereocenters. The third-order valence-corrected chi connectivity index (χ3v) is 3.58. The molecule has 0 unspecified atom stereocenters. The minimum absolute atomic E-state index is 0.0909. The summed E-state index contributed by atoms with van der Waals surface area (Å²) in [7, 11) is 0. The van der Waals surface area contributed by atoms with Gasteiger partial charge in [-0.05, 0) is 29.8 Å². The van der Waals surface area contributed by atoms with Gasteiger partial charge in [0.05, 0.1) is 18.2 Å². The van der Waals surface area contributed by atoms with Gasteiger partial charge in [0.1, 0.15) is 11.6 Å². The molecule has 0 saturated carbocycles. The van der Waals surface area contributed by atoms with Crippen molar-refractivity contribution in [1.29, 1.82) is 5.26 Å². The maximum Gasteiger partial charge on any atom is 0.132 e. The zero-order valence-electron chi connectivity index (χ0n) is 12.1. The Morgan fingerprint density at radius 3 is 2.09 bits per heavy atom. The van der Waals surface area contributed by atoms with Crippen molar-refractivity contribution in [2.24, 2.45) is 0 Å². The lowest BCUT2D eigenvalue weighted by Gasteiger charge is -2.14. The molecule has 0 spiro atoms. The van der Waals surface area contributed by atoms with Gasteiger partial charge in [0.15, 0.2) is 0 Å². The Balaban J connectivity index is 2.34. The molecule has 1 heterocycles. The van der Waals surface area contributed by atoms with Crippen LogP contribution < -0.4 is 0 Å². The third-order valence-electron chi connectivity index (χ3n) is 3.58. The van der Waals surface area contributed by atoms with E-state index < -0.39 is 11.6 Å². The van der Waals surface area contributed by atoms with E-state index in [2.05, 4.69) is 11.1 Å². The van der Waals surface area contributed by atoms with Crippen LogP contribution in [-0.4, -0.2) is 4.98 Å². The number of aromatic nitrogens is 1. The summed E-state index contributed by atoms with van der Waals surface area (Å²) in [5.74, 6) is -0.871. The number of nitrogens with zero attached hydrogens (tertiary/aromatic N) is 2. The van der Waals surface area contributed by atoms with Gasteiger partial charge in [-0.1, -0.05) is 30.3 Å². The van der Waals surface area contributed by atoms with Crippen LogP contribution in [0, 0.1) is 23.0 Å². The average molecular weight is 306 g/mol. The van der Waals surface area contributed by atoms with Crippen LogP contribution in [0.4, 0.5) is 8.78 Å². The number of hydrogen-bond acceptors (Lipinski definition) is 2. The highest BCUT2D eigenvalue weighted by Gasteiger charge is 2.18. The fourth-order valence-electron chi connectivity index (χ4n) is 2.56. The number of halogens is 2. The second-order valence-corrected chi connectivity index (χ2v) is 4.99. The molecule has 1 aromatic heterocycles. The molecule has 4 heteroatoms. The van der Waals surface area contributed by atoms with Crippen LogP contribution in [0.25, 0.3) is 22.4 Å². The molecule has 2 nitrogen and oxygen atoms in total. The predicted octanol–water partition coefficient (Wildman–Crippen LogP) is 4.76. The van der Waals surface area contributed by atoms with Crippen LogP contribution in [0.2, 0.25) is 0 Å². The number of rotatable bonds is 3. The first-order valence-corrected chi connectivity index (χ1v) is 7.07. The van der Waals surface area contributed by atoms with E-state index in [0.717, 1.165) is 0 Å². The topological polar surface area (TPSA) is 36.7 Å². The molecule has 112 valence electrons. The Morgan fingerprint density at radius 2 is 1.48 bits per heavy atom. The molecule has 0 aliphatic carbocycles. The summed E-state index contributed by atoms with van der Waals surface area (Å²) in [5.41, 5.74) is 2.00. The van der Waals surface area contributed by atoms with Crippen molar-refractivity contribution >= 4 is 0 Å². The Labute approximate surface area is 132 Å². The second kappa shape index (κ2) is 6.37. The summed E-state index contributed by atoms with van der Waals surface area (Å²) in [4.78, 5) is 4.25. The Bertz CT molecular complexity index is 898. The molecule has 2 aromatic carbocycles. The van der Waals surface area contributed by atoms with Gasteiger partial charge in [-0.3, -0.25) is 4.98 Å². The van der Waals surface area contributed by atoms with E-state index in [1.807, 2.05) is 0 Å². The highest BCUT2D eigenvalue weighted by molar-refractivity contribution is 5.83. The smallest absolute Gasteiger partial charge is 0.132 e. The highest BCUT2D eigenvalue weighted by atomic mass is 19.1. The fraction of sp³-hybridized carbons (Fsp3) is 0.0526. The molecule has 0 aliphatic rings. The van der Waals surface area contributed by atoms with Gasteiger partial charge >= 0.3 is 0 Å². The van der Waals surface area contributed by atoms with Crippen LogP contribution >= 0.6 is 0 Å². The van der Waals surface area contributed by atoms with E-state index >= 15 is 0 Å². The minimum Gasteiger partial charge on any atom is -0.255 e. The lowest BCUT2D eigenvalue weighted by molar-refractivity contribution is 0.628. The van der Waals surface area contributed by atoms with E-state index in [-0.39, 0.29) is 12.0 Å². The minimum atomic E-state index is -0.438. The van der Waals surface area contributed by atoms with Crippen LogP contribution in [0.3, 0.4) is 0 Å². The Kier molecular flexibility index (Phi) is 4.11. The molecule has 0 bridgehead atoms. The maximum atomic E-state index is 14.3. The fourth-order valence-corrected chi connectivity index (χ4v) is 2.56. The first kappa shape index (κ1) is 14.9. The molecule has 23 heavy (non-hydrogen) atoms. The zero-order valence-corrected chi connectivity index (χ0v) is 12.1. The molecule has 0 fully saturated rings. The zero-order chi connectivity index (χ0) is 16.2. The monoisotopic (exact) mass is 306 g/mol. The quantitative estimate of drug-likeness (QED) is 0.699. The molecule has 0 aliphatic heterocycles.